The molecule has 1 unspecified atom stereocenters. The Kier molecular flexibility index (Phi) is 6.55. The van der Waals surface area contributed by atoms with Crippen molar-refractivity contribution in [3.63, 3.8) is 0 Å². The highest BCUT2D eigenvalue weighted by Gasteiger charge is 2.40. The predicted molar refractivity (Wildman–Crippen MR) is 126 cm³/mol. The Morgan fingerprint density at radius 1 is 1.03 bits per heavy atom. The van der Waals surface area contributed by atoms with Crippen molar-refractivity contribution < 1.29 is 14.4 Å². The van der Waals surface area contributed by atoms with E-state index in [0.29, 0.717) is 24.1 Å². The molecule has 0 fully saturated rings. The molecule has 0 saturated carbocycles. The van der Waals surface area contributed by atoms with Gasteiger partial charge in [0, 0.05) is 19.5 Å². The predicted octanol–water partition coefficient (Wildman–Crippen LogP) is 2.33. The molecule has 0 spiro atoms. The van der Waals surface area contributed by atoms with Crippen molar-refractivity contribution in [2.75, 3.05) is 27.2 Å². The standard InChI is InChI=1S/C25H29N5O3/c1-17(30-24(32)18-9-4-5-10-19(18)25(30)33)23(31)26-14-13-22-27-20-11-6-7-12-21(20)29(22)16-8-15-28(2)3/h4-7,9-12,17H,8,13-16H2,1-3H3,(H,26,31). The number of hydrogen-bond donors (Lipinski definition) is 1. The topological polar surface area (TPSA) is 87.5 Å². The van der Waals surface area contributed by atoms with Crippen LogP contribution in [0.15, 0.2) is 48.5 Å². The fourth-order valence-corrected chi connectivity index (χ4v) is 4.23. The zero-order valence-corrected chi connectivity index (χ0v) is 19.2. The smallest absolute Gasteiger partial charge is 0.262 e. The largest absolute Gasteiger partial charge is 0.354 e. The average Bonchev–Trinajstić information content (AvgIpc) is 3.28. The van der Waals surface area contributed by atoms with Crippen LogP contribution in [-0.4, -0.2) is 70.3 Å². The molecule has 1 aliphatic heterocycles. The average molecular weight is 448 g/mol. The van der Waals surface area contributed by atoms with Crippen LogP contribution >= 0.6 is 0 Å². The van der Waals surface area contributed by atoms with Crippen molar-refractivity contribution >= 4 is 28.8 Å². The van der Waals surface area contributed by atoms with Crippen LogP contribution in [0.4, 0.5) is 0 Å². The number of hydrogen-bond acceptors (Lipinski definition) is 5. The van der Waals surface area contributed by atoms with Gasteiger partial charge in [0.2, 0.25) is 5.91 Å². The zero-order valence-electron chi connectivity index (χ0n) is 19.2. The number of rotatable bonds is 9. The second-order valence-electron chi connectivity index (χ2n) is 8.57. The van der Waals surface area contributed by atoms with Crippen LogP contribution in [0.5, 0.6) is 0 Å². The molecule has 0 radical (unpaired) electrons. The van der Waals surface area contributed by atoms with Gasteiger partial charge >= 0.3 is 0 Å². The molecule has 4 rings (SSSR count). The maximum atomic E-state index is 12.8. The van der Waals surface area contributed by atoms with Crippen LogP contribution in [0.3, 0.4) is 0 Å². The van der Waals surface area contributed by atoms with Gasteiger partial charge in [-0.1, -0.05) is 24.3 Å². The highest BCUT2D eigenvalue weighted by atomic mass is 16.2. The first-order valence-corrected chi connectivity index (χ1v) is 11.2. The fourth-order valence-electron chi connectivity index (χ4n) is 4.23. The highest BCUT2D eigenvalue weighted by molar-refractivity contribution is 6.22. The number of carbonyl (C=O) groups is 3. The number of amides is 3. The van der Waals surface area contributed by atoms with E-state index in [-0.39, 0.29) is 5.91 Å². The third-order valence-corrected chi connectivity index (χ3v) is 5.96. The summed E-state index contributed by atoms with van der Waals surface area (Å²) in [7, 11) is 4.11. The van der Waals surface area contributed by atoms with Crippen molar-refractivity contribution in [3.8, 4) is 0 Å². The van der Waals surface area contributed by atoms with Gasteiger partial charge in [-0.3, -0.25) is 19.3 Å². The number of nitrogens with zero attached hydrogens (tertiary/aromatic N) is 4. The first-order valence-electron chi connectivity index (χ1n) is 11.2. The summed E-state index contributed by atoms with van der Waals surface area (Å²) in [5.41, 5.74) is 2.70. The maximum absolute atomic E-state index is 12.8. The molecule has 2 heterocycles. The van der Waals surface area contributed by atoms with Crippen LogP contribution < -0.4 is 5.32 Å². The Hall–Kier alpha value is -3.52. The summed E-state index contributed by atoms with van der Waals surface area (Å²) in [5, 5.41) is 2.87. The molecular weight excluding hydrogens is 418 g/mol. The van der Waals surface area contributed by atoms with E-state index in [1.54, 1.807) is 31.2 Å². The summed E-state index contributed by atoms with van der Waals surface area (Å²) in [6.07, 6.45) is 1.54. The Morgan fingerprint density at radius 3 is 2.33 bits per heavy atom. The molecule has 1 aromatic heterocycles. The van der Waals surface area contributed by atoms with Gasteiger partial charge < -0.3 is 14.8 Å². The first kappa shape index (κ1) is 22.7. The van der Waals surface area contributed by atoms with Crippen LogP contribution in [0.1, 0.15) is 39.9 Å². The quantitative estimate of drug-likeness (QED) is 0.509. The van der Waals surface area contributed by atoms with E-state index in [0.717, 1.165) is 41.3 Å². The molecule has 0 bridgehead atoms. The third-order valence-electron chi connectivity index (χ3n) is 5.96. The van der Waals surface area contributed by atoms with E-state index in [2.05, 4.69) is 34.9 Å². The summed E-state index contributed by atoms with van der Waals surface area (Å²) in [6, 6.07) is 13.8. The zero-order chi connectivity index (χ0) is 23.5. The van der Waals surface area contributed by atoms with E-state index < -0.39 is 17.9 Å². The minimum Gasteiger partial charge on any atom is -0.354 e. The van der Waals surface area contributed by atoms with Gasteiger partial charge in [-0.15, -0.1) is 0 Å². The molecule has 0 saturated heterocycles. The number of fused-ring (bicyclic) bond motifs is 2. The molecule has 3 amide bonds. The maximum Gasteiger partial charge on any atom is 0.262 e. The number of imidazole rings is 1. The number of benzene rings is 2. The van der Waals surface area contributed by atoms with Crippen LogP contribution in [0.25, 0.3) is 11.0 Å². The number of nitrogens with one attached hydrogen (secondary N) is 1. The summed E-state index contributed by atoms with van der Waals surface area (Å²) in [5.74, 6) is -0.315. The summed E-state index contributed by atoms with van der Waals surface area (Å²) in [4.78, 5) is 46.0. The molecular formula is C25H29N5O3. The summed E-state index contributed by atoms with van der Waals surface area (Å²) in [6.45, 7) is 3.75. The van der Waals surface area contributed by atoms with E-state index in [1.807, 2.05) is 18.2 Å². The molecule has 1 atom stereocenters. The molecule has 1 N–H and O–H groups in total. The van der Waals surface area contributed by atoms with Gasteiger partial charge in [0.1, 0.15) is 11.9 Å². The summed E-state index contributed by atoms with van der Waals surface area (Å²) < 4.78 is 2.21. The normalized spacial score (nSPS) is 14.2. The van der Waals surface area contributed by atoms with Crippen LogP contribution in [-0.2, 0) is 17.8 Å². The second-order valence-corrected chi connectivity index (χ2v) is 8.57. The minimum atomic E-state index is -0.892. The molecule has 3 aromatic rings. The van der Waals surface area contributed by atoms with Crippen molar-refractivity contribution in [3.05, 3.63) is 65.5 Å². The molecule has 2 aromatic carbocycles. The van der Waals surface area contributed by atoms with Crippen LogP contribution in [0, 0.1) is 0 Å². The van der Waals surface area contributed by atoms with Crippen molar-refractivity contribution in [2.45, 2.75) is 32.4 Å². The Morgan fingerprint density at radius 2 is 1.67 bits per heavy atom. The van der Waals surface area contributed by atoms with Crippen LogP contribution in [0.2, 0.25) is 0 Å². The lowest BCUT2D eigenvalue weighted by Gasteiger charge is -2.21. The van der Waals surface area contributed by atoms with Crippen molar-refractivity contribution in [2.24, 2.45) is 0 Å². The molecule has 1 aliphatic rings. The number of imide groups is 1. The van der Waals surface area contributed by atoms with Gasteiger partial charge in [-0.05, 0) is 58.3 Å². The molecule has 8 nitrogen and oxygen atoms in total. The van der Waals surface area contributed by atoms with Gasteiger partial charge in [0.25, 0.3) is 11.8 Å². The fraction of sp³-hybridized carbons (Fsp3) is 0.360. The number of carbonyl (C=O) groups excluding carboxylic acids is 3. The van der Waals surface area contributed by atoms with Gasteiger partial charge in [-0.2, -0.15) is 0 Å². The Labute approximate surface area is 193 Å². The number of aryl methyl sites for hydroxylation is 1. The highest BCUT2D eigenvalue weighted by Crippen LogP contribution is 2.24. The number of aromatic nitrogens is 2. The van der Waals surface area contributed by atoms with Gasteiger partial charge in [0.05, 0.1) is 22.2 Å². The van der Waals surface area contributed by atoms with Crippen molar-refractivity contribution in [1.82, 2.24) is 24.7 Å². The molecule has 33 heavy (non-hydrogen) atoms. The van der Waals surface area contributed by atoms with E-state index >= 15 is 0 Å². The summed E-state index contributed by atoms with van der Waals surface area (Å²) >= 11 is 0. The van der Waals surface area contributed by atoms with E-state index in [4.69, 9.17) is 4.98 Å². The van der Waals surface area contributed by atoms with Crippen molar-refractivity contribution in [1.29, 1.82) is 0 Å². The SMILES string of the molecule is CC(C(=O)NCCc1nc2ccccc2n1CCCN(C)C)N1C(=O)c2ccccc2C1=O. The Bertz CT molecular complexity index is 1160. The van der Waals surface area contributed by atoms with Gasteiger partial charge in [0.15, 0.2) is 0 Å². The monoisotopic (exact) mass is 447 g/mol. The van der Waals surface area contributed by atoms with E-state index in [1.165, 1.54) is 0 Å². The lowest BCUT2D eigenvalue weighted by Crippen LogP contribution is -2.48. The van der Waals surface area contributed by atoms with Gasteiger partial charge in [-0.25, -0.2) is 4.98 Å². The lowest BCUT2D eigenvalue weighted by atomic mass is 10.1. The lowest BCUT2D eigenvalue weighted by molar-refractivity contribution is -0.124. The second kappa shape index (κ2) is 9.54. The molecule has 172 valence electrons. The third kappa shape index (κ3) is 4.52. The minimum absolute atomic E-state index is 0.341. The van der Waals surface area contributed by atoms with E-state index in [9.17, 15) is 14.4 Å². The first-order chi connectivity index (χ1) is 15.9. The number of para-hydroxylation sites is 2. The molecule has 8 heteroatoms. The Balaban J connectivity index is 1.41. The molecule has 0 aliphatic carbocycles.